The Labute approximate surface area is 84.6 Å². The van der Waals surface area contributed by atoms with Crippen molar-refractivity contribution in [3.05, 3.63) is 0 Å². The molecular weight excluding hydrogens is 184 g/mol. The summed E-state index contributed by atoms with van der Waals surface area (Å²) in [5, 5.41) is 0. The molecule has 4 heteroatoms. The Balaban J connectivity index is 4.23. The number of carbonyl (C=O) groups excluding carboxylic acids is 2. The van der Waals surface area contributed by atoms with Crippen LogP contribution in [-0.4, -0.2) is 24.1 Å². The number of hydrogen-bond donors (Lipinski definition) is 0. The molecule has 0 heterocycles. The Bertz CT molecular complexity index is 206. The van der Waals surface area contributed by atoms with Gasteiger partial charge in [0, 0.05) is 0 Å². The van der Waals surface area contributed by atoms with Crippen LogP contribution in [0.2, 0.25) is 0 Å². The number of rotatable bonds is 4. The maximum Gasteiger partial charge on any atom is 0.418 e. The molecule has 82 valence electrons. The third-order valence-electron chi connectivity index (χ3n) is 2.28. The molecule has 0 aromatic heterocycles. The van der Waals surface area contributed by atoms with Gasteiger partial charge in [0.2, 0.25) is 0 Å². The molecule has 0 aliphatic heterocycles. The zero-order valence-corrected chi connectivity index (χ0v) is 9.25. The fourth-order valence-corrected chi connectivity index (χ4v) is 0.850. The van der Waals surface area contributed by atoms with E-state index in [0.29, 0.717) is 12.8 Å². The molecule has 4 nitrogen and oxygen atoms in total. The first-order chi connectivity index (χ1) is 6.49. The van der Waals surface area contributed by atoms with E-state index < -0.39 is 17.5 Å². The van der Waals surface area contributed by atoms with Gasteiger partial charge in [-0.15, -0.1) is 0 Å². The van der Waals surface area contributed by atoms with Gasteiger partial charge < -0.3 is 9.47 Å². The first-order valence-electron chi connectivity index (χ1n) is 4.89. The second-order valence-corrected chi connectivity index (χ2v) is 3.27. The molecule has 0 atom stereocenters. The molecule has 0 saturated carbocycles. The summed E-state index contributed by atoms with van der Waals surface area (Å²) < 4.78 is 9.56. The number of carbonyl (C=O) groups is 2. The third-order valence-corrected chi connectivity index (χ3v) is 2.28. The van der Waals surface area contributed by atoms with E-state index in [0.717, 1.165) is 0 Å². The largest absolute Gasteiger partial charge is 0.458 e. The molecule has 0 aliphatic carbocycles. The standard InChI is InChI=1S/C10H18O4/c1-5-10(4,6-2)14-9(12)8(11)13-7-3/h5-7H2,1-4H3. The highest BCUT2D eigenvalue weighted by molar-refractivity contribution is 6.29. The van der Waals surface area contributed by atoms with E-state index in [1.807, 2.05) is 13.8 Å². The SMILES string of the molecule is CCOC(=O)C(=O)OC(C)(CC)CC. The van der Waals surface area contributed by atoms with Crippen molar-refractivity contribution in [1.29, 1.82) is 0 Å². The Kier molecular flexibility index (Phi) is 5.20. The average molecular weight is 202 g/mol. The van der Waals surface area contributed by atoms with E-state index in [1.165, 1.54) is 0 Å². The lowest BCUT2D eigenvalue weighted by atomic mass is 10.0. The van der Waals surface area contributed by atoms with Crippen molar-refractivity contribution >= 4 is 11.9 Å². The average Bonchev–Trinajstić information content (AvgIpc) is 2.18. The minimum atomic E-state index is -0.916. The number of hydrogen-bond acceptors (Lipinski definition) is 4. The van der Waals surface area contributed by atoms with Crippen molar-refractivity contribution in [3.63, 3.8) is 0 Å². The summed E-state index contributed by atoms with van der Waals surface area (Å²) >= 11 is 0. The third kappa shape index (κ3) is 3.77. The summed E-state index contributed by atoms with van der Waals surface area (Å²) in [4.78, 5) is 22.1. The van der Waals surface area contributed by atoms with Crippen LogP contribution in [0.4, 0.5) is 0 Å². The summed E-state index contributed by atoms with van der Waals surface area (Å²) in [5.41, 5.74) is -0.566. The van der Waals surface area contributed by atoms with E-state index in [-0.39, 0.29) is 6.61 Å². The minimum absolute atomic E-state index is 0.183. The minimum Gasteiger partial charge on any atom is -0.458 e. The zero-order valence-electron chi connectivity index (χ0n) is 9.25. The second kappa shape index (κ2) is 5.62. The highest BCUT2D eigenvalue weighted by Crippen LogP contribution is 2.19. The first kappa shape index (κ1) is 12.9. The van der Waals surface area contributed by atoms with Crippen molar-refractivity contribution in [1.82, 2.24) is 0 Å². The van der Waals surface area contributed by atoms with Crippen molar-refractivity contribution < 1.29 is 19.1 Å². The Morgan fingerprint density at radius 2 is 1.57 bits per heavy atom. The molecule has 0 spiro atoms. The van der Waals surface area contributed by atoms with Gasteiger partial charge in [-0.25, -0.2) is 9.59 Å². The molecule has 14 heavy (non-hydrogen) atoms. The van der Waals surface area contributed by atoms with Crippen LogP contribution in [0.5, 0.6) is 0 Å². The van der Waals surface area contributed by atoms with Gasteiger partial charge in [-0.3, -0.25) is 0 Å². The highest BCUT2D eigenvalue weighted by atomic mass is 16.6. The predicted molar refractivity (Wildman–Crippen MR) is 51.7 cm³/mol. The molecule has 0 aromatic rings. The summed E-state index contributed by atoms with van der Waals surface area (Å²) in [6.07, 6.45) is 1.35. The molecule has 0 amide bonds. The van der Waals surface area contributed by atoms with Crippen LogP contribution in [0, 0.1) is 0 Å². The van der Waals surface area contributed by atoms with Gasteiger partial charge in [-0.05, 0) is 26.7 Å². The molecule has 0 aromatic carbocycles. The normalized spacial score (nSPS) is 10.9. The molecule has 0 N–H and O–H groups in total. The van der Waals surface area contributed by atoms with Crippen LogP contribution in [-0.2, 0) is 19.1 Å². The van der Waals surface area contributed by atoms with Crippen LogP contribution in [0.3, 0.4) is 0 Å². The number of ether oxygens (including phenoxy) is 2. The molecule has 0 unspecified atom stereocenters. The van der Waals surface area contributed by atoms with E-state index >= 15 is 0 Å². The van der Waals surface area contributed by atoms with Crippen LogP contribution in [0.25, 0.3) is 0 Å². The van der Waals surface area contributed by atoms with Gasteiger partial charge in [0.15, 0.2) is 0 Å². The van der Waals surface area contributed by atoms with Gasteiger partial charge in [0.25, 0.3) is 0 Å². The van der Waals surface area contributed by atoms with Gasteiger partial charge in [0.05, 0.1) is 6.61 Å². The summed E-state index contributed by atoms with van der Waals surface area (Å²) in [6, 6.07) is 0. The lowest BCUT2D eigenvalue weighted by Crippen LogP contribution is -2.34. The van der Waals surface area contributed by atoms with E-state index in [4.69, 9.17) is 4.74 Å². The van der Waals surface area contributed by atoms with Crippen molar-refractivity contribution in [2.75, 3.05) is 6.61 Å². The second-order valence-electron chi connectivity index (χ2n) is 3.27. The van der Waals surface area contributed by atoms with Crippen LogP contribution in [0.1, 0.15) is 40.5 Å². The fourth-order valence-electron chi connectivity index (χ4n) is 0.850. The van der Waals surface area contributed by atoms with Crippen LogP contribution in [0.15, 0.2) is 0 Å². The Hall–Kier alpha value is -1.06. The molecule has 0 bridgehead atoms. The maximum atomic E-state index is 11.2. The van der Waals surface area contributed by atoms with Gasteiger partial charge in [-0.1, -0.05) is 13.8 Å². The van der Waals surface area contributed by atoms with Gasteiger partial charge in [-0.2, -0.15) is 0 Å². The topological polar surface area (TPSA) is 52.6 Å². The first-order valence-corrected chi connectivity index (χ1v) is 4.89. The molecule has 0 radical (unpaired) electrons. The van der Waals surface area contributed by atoms with Crippen molar-refractivity contribution in [2.24, 2.45) is 0 Å². The number of esters is 2. The van der Waals surface area contributed by atoms with Gasteiger partial charge >= 0.3 is 11.9 Å². The quantitative estimate of drug-likeness (QED) is 0.514. The smallest absolute Gasteiger partial charge is 0.418 e. The van der Waals surface area contributed by atoms with Crippen LogP contribution < -0.4 is 0 Å². The summed E-state index contributed by atoms with van der Waals surface area (Å²) in [6.45, 7) is 7.43. The maximum absolute atomic E-state index is 11.2. The fraction of sp³-hybridized carbons (Fsp3) is 0.800. The van der Waals surface area contributed by atoms with E-state index in [2.05, 4.69) is 4.74 Å². The van der Waals surface area contributed by atoms with E-state index in [1.54, 1.807) is 13.8 Å². The molecule has 0 saturated heterocycles. The van der Waals surface area contributed by atoms with Crippen molar-refractivity contribution in [3.8, 4) is 0 Å². The van der Waals surface area contributed by atoms with Gasteiger partial charge in [0.1, 0.15) is 5.60 Å². The Morgan fingerprint density at radius 3 is 1.93 bits per heavy atom. The highest BCUT2D eigenvalue weighted by Gasteiger charge is 2.28. The molecule has 0 rings (SSSR count). The Morgan fingerprint density at radius 1 is 1.07 bits per heavy atom. The zero-order chi connectivity index (χ0) is 11.2. The summed E-state index contributed by atoms with van der Waals surface area (Å²) in [7, 11) is 0. The molecular formula is C10H18O4. The predicted octanol–water partition coefficient (Wildman–Crippen LogP) is 1.67. The lowest BCUT2D eigenvalue weighted by molar-refractivity contribution is -0.176. The lowest BCUT2D eigenvalue weighted by Gasteiger charge is -2.25. The molecule has 0 fully saturated rings. The summed E-state index contributed by atoms with van der Waals surface area (Å²) in [5.74, 6) is -1.82. The monoisotopic (exact) mass is 202 g/mol. The molecule has 0 aliphatic rings. The van der Waals surface area contributed by atoms with E-state index in [9.17, 15) is 9.59 Å². The van der Waals surface area contributed by atoms with Crippen molar-refractivity contribution in [2.45, 2.75) is 46.1 Å². The van der Waals surface area contributed by atoms with Crippen LogP contribution >= 0.6 is 0 Å².